The molecule has 0 saturated carbocycles. The summed E-state index contributed by atoms with van der Waals surface area (Å²) < 4.78 is 5.31. The molecule has 1 aromatic rings. The van der Waals surface area contributed by atoms with E-state index < -0.39 is 0 Å². The Kier molecular flexibility index (Phi) is 5.88. The number of likely N-dealkylation sites (N-methyl/N-ethyl adjacent to an activating group) is 1. The van der Waals surface area contributed by atoms with E-state index in [4.69, 9.17) is 4.74 Å². The molecule has 2 saturated heterocycles. The molecule has 1 atom stereocenters. The SMILES string of the molecule is COc1cc(C(C2CCNCC2)N2CCN(C)CC2)ccc1[N+](=O)[O-]. The van der Waals surface area contributed by atoms with Crippen LogP contribution in [0.3, 0.4) is 0 Å². The van der Waals surface area contributed by atoms with Crippen LogP contribution in [0.2, 0.25) is 0 Å². The fraction of sp³-hybridized carbons (Fsp3) is 0.667. The number of nitro groups is 1. The first-order valence-electron chi connectivity index (χ1n) is 9.06. The molecule has 0 amide bonds. The summed E-state index contributed by atoms with van der Waals surface area (Å²) in [6, 6.07) is 5.69. The Morgan fingerprint density at radius 1 is 1.24 bits per heavy atom. The number of piperidine rings is 1. The van der Waals surface area contributed by atoms with Crippen molar-refractivity contribution in [2.75, 3.05) is 53.4 Å². The molecule has 7 heteroatoms. The van der Waals surface area contributed by atoms with Crippen molar-refractivity contribution in [3.63, 3.8) is 0 Å². The van der Waals surface area contributed by atoms with Crippen LogP contribution in [0.25, 0.3) is 0 Å². The number of nitrogens with one attached hydrogen (secondary N) is 1. The Morgan fingerprint density at radius 2 is 1.92 bits per heavy atom. The third-order valence-corrected chi connectivity index (χ3v) is 5.50. The summed E-state index contributed by atoms with van der Waals surface area (Å²) >= 11 is 0. The zero-order valence-corrected chi connectivity index (χ0v) is 15.1. The lowest BCUT2D eigenvalue weighted by atomic mass is 9.84. The number of benzene rings is 1. The number of nitrogens with zero attached hydrogens (tertiary/aromatic N) is 3. The van der Waals surface area contributed by atoms with E-state index in [-0.39, 0.29) is 10.6 Å². The van der Waals surface area contributed by atoms with Crippen LogP contribution in [0.1, 0.15) is 24.4 Å². The summed E-state index contributed by atoms with van der Waals surface area (Å²) in [6.07, 6.45) is 2.27. The van der Waals surface area contributed by atoms with Gasteiger partial charge in [-0.25, -0.2) is 0 Å². The average molecular weight is 348 g/mol. The fourth-order valence-corrected chi connectivity index (χ4v) is 4.07. The van der Waals surface area contributed by atoms with Gasteiger partial charge in [0.2, 0.25) is 0 Å². The lowest BCUT2D eigenvalue weighted by molar-refractivity contribution is -0.385. The number of rotatable bonds is 5. The van der Waals surface area contributed by atoms with E-state index in [0.29, 0.717) is 17.7 Å². The molecule has 0 aliphatic carbocycles. The van der Waals surface area contributed by atoms with E-state index in [1.807, 2.05) is 12.1 Å². The molecule has 0 radical (unpaired) electrons. The van der Waals surface area contributed by atoms with E-state index in [1.54, 1.807) is 6.07 Å². The molecule has 0 bridgehead atoms. The second-order valence-electron chi connectivity index (χ2n) is 7.06. The summed E-state index contributed by atoms with van der Waals surface area (Å²) in [7, 11) is 3.66. The Bertz CT molecular complexity index is 596. The van der Waals surface area contributed by atoms with Gasteiger partial charge in [0.1, 0.15) is 0 Å². The van der Waals surface area contributed by atoms with Gasteiger partial charge in [0, 0.05) is 38.3 Å². The van der Waals surface area contributed by atoms with Gasteiger partial charge in [-0.1, -0.05) is 6.07 Å². The average Bonchev–Trinajstić information content (AvgIpc) is 2.64. The lowest BCUT2D eigenvalue weighted by Gasteiger charge is -2.43. The minimum absolute atomic E-state index is 0.0358. The van der Waals surface area contributed by atoms with E-state index in [0.717, 1.165) is 57.7 Å². The molecule has 2 aliphatic heterocycles. The highest BCUT2D eigenvalue weighted by Gasteiger charge is 2.32. The van der Waals surface area contributed by atoms with Crippen molar-refractivity contribution < 1.29 is 9.66 Å². The van der Waals surface area contributed by atoms with E-state index in [1.165, 1.54) is 7.11 Å². The number of ether oxygens (including phenoxy) is 1. The van der Waals surface area contributed by atoms with Gasteiger partial charge < -0.3 is 15.0 Å². The number of piperazine rings is 1. The molecule has 138 valence electrons. The van der Waals surface area contributed by atoms with Crippen molar-refractivity contribution in [2.24, 2.45) is 5.92 Å². The van der Waals surface area contributed by atoms with Crippen LogP contribution in [-0.2, 0) is 0 Å². The highest BCUT2D eigenvalue weighted by molar-refractivity contribution is 5.49. The maximum atomic E-state index is 11.2. The summed E-state index contributed by atoms with van der Waals surface area (Å²) in [5.74, 6) is 0.923. The fourth-order valence-electron chi connectivity index (χ4n) is 4.07. The second-order valence-corrected chi connectivity index (χ2v) is 7.06. The van der Waals surface area contributed by atoms with Crippen molar-refractivity contribution in [3.05, 3.63) is 33.9 Å². The number of methoxy groups -OCH3 is 1. The lowest BCUT2D eigenvalue weighted by Crippen LogP contribution is -2.48. The smallest absolute Gasteiger partial charge is 0.310 e. The van der Waals surface area contributed by atoms with Crippen molar-refractivity contribution in [3.8, 4) is 5.75 Å². The third kappa shape index (κ3) is 4.11. The highest BCUT2D eigenvalue weighted by atomic mass is 16.6. The third-order valence-electron chi connectivity index (χ3n) is 5.50. The molecule has 7 nitrogen and oxygen atoms in total. The van der Waals surface area contributed by atoms with Crippen molar-refractivity contribution in [1.29, 1.82) is 0 Å². The molecule has 0 spiro atoms. The molecule has 1 unspecified atom stereocenters. The summed E-state index contributed by atoms with van der Waals surface area (Å²) in [6.45, 7) is 6.27. The predicted molar refractivity (Wildman–Crippen MR) is 97.1 cm³/mol. The monoisotopic (exact) mass is 348 g/mol. The number of nitro benzene ring substituents is 1. The topological polar surface area (TPSA) is 70.9 Å². The number of hydrogen-bond acceptors (Lipinski definition) is 6. The van der Waals surface area contributed by atoms with Crippen molar-refractivity contribution in [1.82, 2.24) is 15.1 Å². The van der Waals surface area contributed by atoms with Gasteiger partial charge in [-0.15, -0.1) is 0 Å². The van der Waals surface area contributed by atoms with E-state index in [9.17, 15) is 10.1 Å². The normalized spacial score (nSPS) is 21.8. The Labute approximate surface area is 149 Å². The first-order valence-corrected chi connectivity index (χ1v) is 9.06. The zero-order chi connectivity index (χ0) is 17.8. The van der Waals surface area contributed by atoms with Gasteiger partial charge >= 0.3 is 5.69 Å². The maximum absolute atomic E-state index is 11.2. The zero-order valence-electron chi connectivity index (χ0n) is 15.1. The molecule has 0 aromatic heterocycles. The molecule has 1 N–H and O–H groups in total. The standard InChI is InChI=1S/C18H28N4O3/c1-20-9-11-21(12-10-20)18(14-5-7-19-8-6-14)15-3-4-16(22(23)24)17(13-15)25-2/h3-4,13-14,18-19H,5-12H2,1-2H3. The van der Waals surface area contributed by atoms with Gasteiger partial charge in [-0.05, 0) is 50.5 Å². The van der Waals surface area contributed by atoms with Crippen molar-refractivity contribution in [2.45, 2.75) is 18.9 Å². The molecule has 2 aliphatic rings. The van der Waals surface area contributed by atoms with Gasteiger partial charge in [0.25, 0.3) is 0 Å². The molecule has 3 rings (SSSR count). The van der Waals surface area contributed by atoms with Gasteiger partial charge in [0.05, 0.1) is 12.0 Å². The largest absolute Gasteiger partial charge is 0.490 e. The maximum Gasteiger partial charge on any atom is 0.310 e. The Morgan fingerprint density at radius 3 is 2.52 bits per heavy atom. The molecule has 2 heterocycles. The van der Waals surface area contributed by atoms with Crippen molar-refractivity contribution >= 4 is 5.69 Å². The van der Waals surface area contributed by atoms with Crippen LogP contribution >= 0.6 is 0 Å². The Balaban J connectivity index is 1.91. The number of hydrogen-bond donors (Lipinski definition) is 1. The summed E-state index contributed by atoms with van der Waals surface area (Å²) in [4.78, 5) is 15.7. The second kappa shape index (κ2) is 8.12. The van der Waals surface area contributed by atoms with Gasteiger partial charge in [-0.3, -0.25) is 15.0 Å². The van der Waals surface area contributed by atoms with Crippen LogP contribution in [-0.4, -0.2) is 68.1 Å². The predicted octanol–water partition coefficient (Wildman–Crippen LogP) is 1.89. The molecule has 2 fully saturated rings. The first kappa shape index (κ1) is 18.1. The van der Waals surface area contributed by atoms with Gasteiger partial charge in [-0.2, -0.15) is 0 Å². The summed E-state index contributed by atoms with van der Waals surface area (Å²) in [5.41, 5.74) is 1.17. The minimum atomic E-state index is -0.377. The van der Waals surface area contributed by atoms with E-state index >= 15 is 0 Å². The van der Waals surface area contributed by atoms with Crippen LogP contribution in [0, 0.1) is 16.0 Å². The quantitative estimate of drug-likeness (QED) is 0.647. The minimum Gasteiger partial charge on any atom is -0.490 e. The molecule has 1 aromatic carbocycles. The Hall–Kier alpha value is -1.70. The molecular weight excluding hydrogens is 320 g/mol. The highest BCUT2D eigenvalue weighted by Crippen LogP contribution is 2.38. The van der Waals surface area contributed by atoms with Crippen LogP contribution in [0.15, 0.2) is 18.2 Å². The van der Waals surface area contributed by atoms with E-state index in [2.05, 4.69) is 22.2 Å². The van der Waals surface area contributed by atoms with Crippen LogP contribution < -0.4 is 10.1 Å². The van der Waals surface area contributed by atoms with Gasteiger partial charge in [0.15, 0.2) is 5.75 Å². The molecule has 25 heavy (non-hydrogen) atoms. The summed E-state index contributed by atoms with van der Waals surface area (Å²) in [5, 5.41) is 14.6. The first-order chi connectivity index (χ1) is 12.1. The van der Waals surface area contributed by atoms with Crippen LogP contribution in [0.5, 0.6) is 5.75 Å². The molecular formula is C18H28N4O3. The van der Waals surface area contributed by atoms with Crippen LogP contribution in [0.4, 0.5) is 5.69 Å².